The highest BCUT2D eigenvalue weighted by Gasteiger charge is 2.25. The number of hydrogen-bond acceptors (Lipinski definition) is 1. The van der Waals surface area contributed by atoms with Crippen molar-refractivity contribution in [1.82, 2.24) is 0 Å². The molecule has 0 unspecified atom stereocenters. The molecule has 2 heteroatoms. The maximum Gasteiger partial charge on any atom is 0.214 e. The standard InChI is InChI=1S/C17H16N2/c1-19-15-8-4-2-6-13(15)17(18-12-10-11-12)14-7-3-5-9-16(14)19/h2-9,12H,10-11H2,1H3/p+1. The van der Waals surface area contributed by atoms with E-state index in [4.69, 9.17) is 0 Å². The summed E-state index contributed by atoms with van der Waals surface area (Å²) in [6.45, 7) is 0. The molecule has 19 heavy (non-hydrogen) atoms. The lowest BCUT2D eigenvalue weighted by atomic mass is 10.1. The highest BCUT2D eigenvalue weighted by molar-refractivity contribution is 6.04. The molecule has 3 aromatic rings. The van der Waals surface area contributed by atoms with Crippen LogP contribution in [0.25, 0.3) is 21.8 Å². The Morgan fingerprint density at radius 2 is 1.42 bits per heavy atom. The molecule has 0 amide bonds. The predicted molar refractivity (Wildman–Crippen MR) is 79.3 cm³/mol. The van der Waals surface area contributed by atoms with Gasteiger partial charge in [0.2, 0.25) is 11.0 Å². The Kier molecular flexibility index (Phi) is 2.25. The molecule has 0 radical (unpaired) electrons. The summed E-state index contributed by atoms with van der Waals surface area (Å²) < 4.78 is 2.28. The highest BCUT2D eigenvalue weighted by Crippen LogP contribution is 2.33. The van der Waals surface area contributed by atoms with Gasteiger partial charge < -0.3 is 5.32 Å². The normalized spacial score (nSPS) is 15.0. The number of hydrogen-bond donors (Lipinski definition) is 1. The Morgan fingerprint density at radius 3 is 1.95 bits per heavy atom. The number of nitrogens with zero attached hydrogens (tertiary/aromatic N) is 1. The first-order valence-corrected chi connectivity index (χ1v) is 6.90. The summed E-state index contributed by atoms with van der Waals surface area (Å²) in [5.41, 5.74) is 3.86. The molecule has 0 spiro atoms. The van der Waals surface area contributed by atoms with Crippen LogP contribution in [0.2, 0.25) is 0 Å². The Hall–Kier alpha value is -2.09. The Morgan fingerprint density at radius 1 is 0.895 bits per heavy atom. The number of anilines is 1. The summed E-state index contributed by atoms with van der Waals surface area (Å²) in [5, 5.41) is 6.35. The van der Waals surface area contributed by atoms with Crippen molar-refractivity contribution in [3.8, 4) is 0 Å². The quantitative estimate of drug-likeness (QED) is 0.544. The van der Waals surface area contributed by atoms with Gasteiger partial charge in [-0.15, -0.1) is 0 Å². The van der Waals surface area contributed by atoms with Crippen molar-refractivity contribution in [2.75, 3.05) is 5.32 Å². The second-order valence-corrected chi connectivity index (χ2v) is 5.39. The van der Waals surface area contributed by atoms with E-state index in [-0.39, 0.29) is 0 Å². The molecular formula is C17H17N2+. The SMILES string of the molecule is C[n+]1c2ccccc2c(NC2CC2)c2ccccc21. The molecule has 1 heterocycles. The summed E-state index contributed by atoms with van der Waals surface area (Å²) in [6, 6.07) is 17.9. The van der Waals surface area contributed by atoms with Gasteiger partial charge in [-0.3, -0.25) is 0 Å². The smallest absolute Gasteiger partial charge is 0.214 e. The first-order chi connectivity index (χ1) is 9.34. The number of fused-ring (bicyclic) bond motifs is 2. The van der Waals surface area contributed by atoms with E-state index in [0.717, 1.165) is 0 Å². The number of aryl methyl sites for hydroxylation is 1. The molecule has 0 atom stereocenters. The van der Waals surface area contributed by atoms with Crippen molar-refractivity contribution < 1.29 is 4.57 Å². The second kappa shape index (κ2) is 3.95. The van der Waals surface area contributed by atoms with Gasteiger partial charge in [0.1, 0.15) is 7.05 Å². The molecule has 1 aliphatic carbocycles. The van der Waals surface area contributed by atoms with E-state index in [1.54, 1.807) is 0 Å². The number of rotatable bonds is 2. The number of benzene rings is 2. The van der Waals surface area contributed by atoms with Gasteiger partial charge in [0.15, 0.2) is 0 Å². The van der Waals surface area contributed by atoms with Crippen molar-refractivity contribution >= 4 is 27.5 Å². The van der Waals surface area contributed by atoms with E-state index in [1.165, 1.54) is 40.3 Å². The number of aromatic nitrogens is 1. The fourth-order valence-corrected chi connectivity index (χ4v) is 2.82. The third-order valence-corrected chi connectivity index (χ3v) is 4.00. The van der Waals surface area contributed by atoms with Crippen LogP contribution in [0.3, 0.4) is 0 Å². The molecule has 1 fully saturated rings. The summed E-state index contributed by atoms with van der Waals surface area (Å²) in [5.74, 6) is 0. The zero-order valence-electron chi connectivity index (χ0n) is 11.1. The van der Waals surface area contributed by atoms with Crippen molar-refractivity contribution in [2.24, 2.45) is 7.05 Å². The molecule has 0 aliphatic heterocycles. The third kappa shape index (κ3) is 1.67. The molecule has 94 valence electrons. The molecule has 1 aromatic heterocycles. The molecule has 4 rings (SSSR count). The van der Waals surface area contributed by atoms with E-state index in [2.05, 4.69) is 65.5 Å². The maximum atomic E-state index is 3.72. The maximum absolute atomic E-state index is 3.72. The van der Waals surface area contributed by atoms with E-state index >= 15 is 0 Å². The van der Waals surface area contributed by atoms with E-state index in [9.17, 15) is 0 Å². The summed E-state index contributed by atoms with van der Waals surface area (Å²) in [4.78, 5) is 0. The van der Waals surface area contributed by atoms with Crippen LogP contribution in [0.4, 0.5) is 5.69 Å². The van der Waals surface area contributed by atoms with Crippen LogP contribution in [-0.4, -0.2) is 6.04 Å². The molecule has 1 N–H and O–H groups in total. The molecular weight excluding hydrogens is 232 g/mol. The van der Waals surface area contributed by atoms with E-state index < -0.39 is 0 Å². The highest BCUT2D eigenvalue weighted by atomic mass is 15.0. The lowest BCUT2D eigenvalue weighted by molar-refractivity contribution is -0.617. The van der Waals surface area contributed by atoms with Crippen molar-refractivity contribution in [2.45, 2.75) is 18.9 Å². The number of nitrogens with one attached hydrogen (secondary N) is 1. The average molecular weight is 249 g/mol. The molecule has 0 saturated heterocycles. The summed E-state index contributed by atoms with van der Waals surface area (Å²) in [6.07, 6.45) is 2.59. The Labute approximate surface area is 112 Å². The lowest BCUT2D eigenvalue weighted by Gasteiger charge is -2.11. The minimum absolute atomic E-state index is 0.666. The number of para-hydroxylation sites is 2. The first kappa shape index (κ1) is 10.8. The Balaban J connectivity index is 2.14. The van der Waals surface area contributed by atoms with E-state index in [0.29, 0.717) is 6.04 Å². The zero-order chi connectivity index (χ0) is 12.8. The van der Waals surface area contributed by atoms with Crippen LogP contribution < -0.4 is 9.88 Å². The lowest BCUT2D eigenvalue weighted by Crippen LogP contribution is -2.30. The number of pyridine rings is 1. The van der Waals surface area contributed by atoms with Crippen LogP contribution >= 0.6 is 0 Å². The topological polar surface area (TPSA) is 15.9 Å². The van der Waals surface area contributed by atoms with E-state index in [1.807, 2.05) is 0 Å². The largest absolute Gasteiger partial charge is 0.381 e. The Bertz CT molecular complexity index is 716. The average Bonchev–Trinajstić information content (AvgIpc) is 3.28. The van der Waals surface area contributed by atoms with Gasteiger partial charge in [-0.2, -0.15) is 4.57 Å². The fourth-order valence-electron chi connectivity index (χ4n) is 2.82. The predicted octanol–water partition coefficient (Wildman–Crippen LogP) is 3.39. The van der Waals surface area contributed by atoms with Crippen molar-refractivity contribution in [3.05, 3.63) is 48.5 Å². The van der Waals surface area contributed by atoms with Gasteiger partial charge >= 0.3 is 0 Å². The van der Waals surface area contributed by atoms with Gasteiger partial charge in [0.25, 0.3) is 0 Å². The van der Waals surface area contributed by atoms with Gasteiger partial charge in [-0.1, -0.05) is 24.3 Å². The van der Waals surface area contributed by atoms with Crippen LogP contribution in [0.15, 0.2) is 48.5 Å². The van der Waals surface area contributed by atoms with Crippen molar-refractivity contribution in [3.63, 3.8) is 0 Å². The second-order valence-electron chi connectivity index (χ2n) is 5.39. The van der Waals surface area contributed by atoms with Gasteiger partial charge in [-0.25, -0.2) is 0 Å². The van der Waals surface area contributed by atoms with Crippen LogP contribution in [0.1, 0.15) is 12.8 Å². The van der Waals surface area contributed by atoms with Gasteiger partial charge in [-0.05, 0) is 25.0 Å². The minimum atomic E-state index is 0.666. The fraction of sp³-hybridized carbons (Fsp3) is 0.235. The summed E-state index contributed by atoms with van der Waals surface area (Å²) in [7, 11) is 2.14. The monoisotopic (exact) mass is 249 g/mol. The molecule has 2 aromatic carbocycles. The van der Waals surface area contributed by atoms with Gasteiger partial charge in [0.05, 0.1) is 16.5 Å². The molecule has 2 nitrogen and oxygen atoms in total. The van der Waals surface area contributed by atoms with Crippen LogP contribution in [0, 0.1) is 0 Å². The minimum Gasteiger partial charge on any atom is -0.381 e. The first-order valence-electron chi connectivity index (χ1n) is 6.90. The van der Waals surface area contributed by atoms with Crippen molar-refractivity contribution in [1.29, 1.82) is 0 Å². The molecule has 1 aliphatic rings. The molecule has 0 bridgehead atoms. The summed E-state index contributed by atoms with van der Waals surface area (Å²) >= 11 is 0. The van der Waals surface area contributed by atoms with Gasteiger partial charge in [0, 0.05) is 18.2 Å². The van der Waals surface area contributed by atoms with Crippen LogP contribution in [0.5, 0.6) is 0 Å². The molecule has 1 saturated carbocycles. The van der Waals surface area contributed by atoms with Crippen LogP contribution in [-0.2, 0) is 7.05 Å². The third-order valence-electron chi connectivity index (χ3n) is 4.00. The zero-order valence-corrected chi connectivity index (χ0v) is 11.1.